The first-order valence-electron chi connectivity index (χ1n) is 13.5. The number of fused-ring (bicyclic) bond motifs is 1. The molecule has 8 nitrogen and oxygen atoms in total. The Morgan fingerprint density at radius 1 is 1.05 bits per heavy atom. The molecule has 0 aliphatic carbocycles. The second-order valence-corrected chi connectivity index (χ2v) is 10.8. The minimum atomic E-state index is 0.121. The second-order valence-electron chi connectivity index (χ2n) is 10.4. The van der Waals surface area contributed by atoms with Crippen molar-refractivity contribution < 1.29 is 9.47 Å². The van der Waals surface area contributed by atoms with Crippen molar-refractivity contribution in [2.75, 3.05) is 26.3 Å². The van der Waals surface area contributed by atoms with E-state index in [1.807, 2.05) is 48.5 Å². The maximum atomic E-state index is 7.38. The smallest absolute Gasteiger partial charge is 0.216 e. The SMILES string of the molecule is [C-]#[N+]c1ccc2c(c1)nc(CN1CCC(Oc3ccnc(Cc4ccc(Cl)cc4)n3)CC1)n2C[C@H]1CCOC1. The molecule has 39 heavy (non-hydrogen) atoms. The summed E-state index contributed by atoms with van der Waals surface area (Å²) in [6, 6.07) is 15.4. The first-order valence-corrected chi connectivity index (χ1v) is 13.9. The fraction of sp³-hybridized carbons (Fsp3) is 0.400. The van der Waals surface area contributed by atoms with E-state index in [-0.39, 0.29) is 6.10 Å². The highest BCUT2D eigenvalue weighted by Gasteiger charge is 2.25. The molecular weight excluding hydrogens is 512 g/mol. The molecule has 0 saturated carbocycles. The molecule has 6 rings (SSSR count). The van der Waals surface area contributed by atoms with Crippen molar-refractivity contribution in [3.8, 4) is 5.88 Å². The van der Waals surface area contributed by atoms with Crippen LogP contribution in [0.15, 0.2) is 54.7 Å². The maximum Gasteiger partial charge on any atom is 0.216 e. The summed E-state index contributed by atoms with van der Waals surface area (Å²) >= 11 is 6.00. The molecule has 1 atom stereocenters. The van der Waals surface area contributed by atoms with Gasteiger partial charge in [-0.1, -0.05) is 29.8 Å². The zero-order valence-corrected chi connectivity index (χ0v) is 22.6. The van der Waals surface area contributed by atoms with Gasteiger partial charge in [0.1, 0.15) is 17.8 Å². The van der Waals surface area contributed by atoms with Crippen LogP contribution in [-0.4, -0.2) is 56.8 Å². The van der Waals surface area contributed by atoms with Gasteiger partial charge in [-0.3, -0.25) is 4.90 Å². The van der Waals surface area contributed by atoms with Crippen molar-refractivity contribution in [1.82, 2.24) is 24.4 Å². The van der Waals surface area contributed by atoms with Crippen LogP contribution in [0.25, 0.3) is 15.9 Å². The van der Waals surface area contributed by atoms with E-state index in [1.165, 1.54) is 0 Å². The molecule has 4 heterocycles. The highest BCUT2D eigenvalue weighted by Crippen LogP contribution is 2.27. The highest BCUT2D eigenvalue weighted by molar-refractivity contribution is 6.30. The van der Waals surface area contributed by atoms with Gasteiger partial charge in [0.25, 0.3) is 0 Å². The lowest BCUT2D eigenvalue weighted by Crippen LogP contribution is -2.38. The van der Waals surface area contributed by atoms with Crippen LogP contribution in [0.3, 0.4) is 0 Å². The van der Waals surface area contributed by atoms with E-state index < -0.39 is 0 Å². The third kappa shape index (κ3) is 6.22. The van der Waals surface area contributed by atoms with Gasteiger partial charge in [0, 0.05) is 55.9 Å². The molecule has 0 amide bonds. The predicted molar refractivity (Wildman–Crippen MR) is 150 cm³/mol. The van der Waals surface area contributed by atoms with Crippen LogP contribution in [0.5, 0.6) is 5.88 Å². The number of halogens is 1. The number of likely N-dealkylation sites (tertiary alicyclic amines) is 1. The number of imidazole rings is 1. The lowest BCUT2D eigenvalue weighted by atomic mass is 10.1. The van der Waals surface area contributed by atoms with Crippen molar-refractivity contribution >= 4 is 28.3 Å². The van der Waals surface area contributed by atoms with Gasteiger partial charge in [0.15, 0.2) is 5.69 Å². The van der Waals surface area contributed by atoms with Gasteiger partial charge in [-0.25, -0.2) is 14.8 Å². The first kappa shape index (κ1) is 25.8. The summed E-state index contributed by atoms with van der Waals surface area (Å²) in [5.74, 6) is 2.92. The number of ether oxygens (including phenoxy) is 2. The molecule has 2 aromatic heterocycles. The quantitative estimate of drug-likeness (QED) is 0.266. The third-order valence-electron chi connectivity index (χ3n) is 7.55. The van der Waals surface area contributed by atoms with E-state index in [0.717, 1.165) is 91.9 Å². The topological polar surface area (TPSA) is 69.7 Å². The average molecular weight is 543 g/mol. The van der Waals surface area contributed by atoms with E-state index in [9.17, 15) is 0 Å². The molecule has 0 spiro atoms. The van der Waals surface area contributed by atoms with Crippen molar-refractivity contribution in [1.29, 1.82) is 0 Å². The van der Waals surface area contributed by atoms with Gasteiger partial charge in [0.2, 0.25) is 5.88 Å². The number of benzene rings is 2. The first-order chi connectivity index (χ1) is 19.1. The molecule has 2 aliphatic heterocycles. The van der Waals surface area contributed by atoms with Gasteiger partial charge >= 0.3 is 0 Å². The lowest BCUT2D eigenvalue weighted by molar-refractivity contribution is 0.0908. The zero-order valence-electron chi connectivity index (χ0n) is 21.8. The molecule has 0 N–H and O–H groups in total. The summed E-state index contributed by atoms with van der Waals surface area (Å²) in [7, 11) is 0. The Morgan fingerprint density at radius 2 is 1.90 bits per heavy atom. The normalized spacial score (nSPS) is 18.4. The van der Waals surface area contributed by atoms with Crippen LogP contribution in [0.4, 0.5) is 5.69 Å². The summed E-state index contributed by atoms with van der Waals surface area (Å²) in [4.78, 5) is 20.1. The number of rotatable bonds is 8. The van der Waals surface area contributed by atoms with Crippen LogP contribution in [0.1, 0.15) is 36.5 Å². The Balaban J connectivity index is 1.09. The van der Waals surface area contributed by atoms with E-state index >= 15 is 0 Å². The molecule has 2 fully saturated rings. The monoisotopic (exact) mass is 542 g/mol. The van der Waals surface area contributed by atoms with Gasteiger partial charge in [0.05, 0.1) is 30.8 Å². The second kappa shape index (κ2) is 11.7. The Bertz CT molecular complexity index is 1470. The molecule has 0 unspecified atom stereocenters. The average Bonchev–Trinajstić information content (AvgIpc) is 3.59. The molecule has 2 saturated heterocycles. The molecule has 9 heteroatoms. The summed E-state index contributed by atoms with van der Waals surface area (Å²) in [5, 5.41) is 0.720. The van der Waals surface area contributed by atoms with Gasteiger partial charge in [-0.15, -0.1) is 0 Å². The summed E-state index contributed by atoms with van der Waals surface area (Å²) in [5.41, 5.74) is 3.73. The fourth-order valence-electron chi connectivity index (χ4n) is 5.42. The molecule has 2 aliphatic rings. The van der Waals surface area contributed by atoms with Crippen molar-refractivity contribution in [3.05, 3.63) is 88.4 Å². The highest BCUT2D eigenvalue weighted by atomic mass is 35.5. The van der Waals surface area contributed by atoms with Crippen molar-refractivity contribution in [3.63, 3.8) is 0 Å². The third-order valence-corrected chi connectivity index (χ3v) is 7.80. The number of nitrogens with zero attached hydrogens (tertiary/aromatic N) is 6. The van der Waals surface area contributed by atoms with E-state index in [0.29, 0.717) is 23.9 Å². The summed E-state index contributed by atoms with van der Waals surface area (Å²) < 4.78 is 14.3. The van der Waals surface area contributed by atoms with Crippen LogP contribution in [-0.2, 0) is 24.2 Å². The van der Waals surface area contributed by atoms with Gasteiger partial charge in [-0.2, -0.15) is 4.98 Å². The molecule has 2 aromatic carbocycles. The molecule has 200 valence electrons. The number of hydrogen-bond donors (Lipinski definition) is 0. The van der Waals surface area contributed by atoms with Gasteiger partial charge in [-0.05, 0) is 49.1 Å². The van der Waals surface area contributed by atoms with Gasteiger partial charge < -0.3 is 14.0 Å². The van der Waals surface area contributed by atoms with E-state index in [4.69, 9.17) is 32.6 Å². The van der Waals surface area contributed by atoms with Crippen molar-refractivity contribution in [2.24, 2.45) is 5.92 Å². The molecule has 0 radical (unpaired) electrons. The number of aromatic nitrogens is 4. The summed E-state index contributed by atoms with van der Waals surface area (Å²) in [6.07, 6.45) is 5.45. The Hall–Kier alpha value is -3.51. The van der Waals surface area contributed by atoms with Crippen LogP contribution >= 0.6 is 11.6 Å². The Kier molecular flexibility index (Phi) is 7.73. The standard InChI is InChI=1S/C30H31ClN6O2/c1-32-24-6-7-27-26(17-24)34-29(37(27)18-22-11-15-38-20-22)19-36-13-9-25(10-14-36)39-30-8-12-33-28(35-30)16-21-2-4-23(31)5-3-21/h2-8,12,17,22,25H,9-11,13-16,18-20H2/t22-/m1/s1. The number of piperidine rings is 1. The van der Waals surface area contributed by atoms with Crippen LogP contribution < -0.4 is 4.74 Å². The zero-order chi connectivity index (χ0) is 26.6. The van der Waals surface area contributed by atoms with Crippen LogP contribution in [0, 0.1) is 12.5 Å². The predicted octanol–water partition coefficient (Wildman–Crippen LogP) is 5.70. The lowest BCUT2D eigenvalue weighted by Gasteiger charge is -2.31. The fourth-order valence-corrected chi connectivity index (χ4v) is 5.55. The maximum absolute atomic E-state index is 7.38. The molecule has 0 bridgehead atoms. The van der Waals surface area contributed by atoms with E-state index in [1.54, 1.807) is 6.20 Å². The Morgan fingerprint density at radius 3 is 2.67 bits per heavy atom. The largest absolute Gasteiger partial charge is 0.474 e. The molecule has 4 aromatic rings. The summed E-state index contributed by atoms with van der Waals surface area (Å²) in [6.45, 7) is 12.5. The Labute approximate surface area is 233 Å². The minimum Gasteiger partial charge on any atom is -0.474 e. The number of hydrogen-bond acceptors (Lipinski definition) is 6. The van der Waals surface area contributed by atoms with Crippen LogP contribution in [0.2, 0.25) is 5.02 Å². The van der Waals surface area contributed by atoms with E-state index in [2.05, 4.69) is 24.3 Å². The van der Waals surface area contributed by atoms with Crippen molar-refractivity contribution in [2.45, 2.75) is 44.9 Å². The minimum absolute atomic E-state index is 0.121. The molecular formula is C30H31ClN6O2.